The van der Waals surface area contributed by atoms with Crippen molar-refractivity contribution < 1.29 is 9.18 Å². The van der Waals surface area contributed by atoms with Gasteiger partial charge in [0.2, 0.25) is 0 Å². The van der Waals surface area contributed by atoms with Gasteiger partial charge in [-0.25, -0.2) is 4.39 Å². The van der Waals surface area contributed by atoms with E-state index >= 15 is 0 Å². The van der Waals surface area contributed by atoms with Gasteiger partial charge in [-0.15, -0.1) is 22.7 Å². The second kappa shape index (κ2) is 5.46. The SMILES string of the molecule is Cc1ccc(CNC(=O)c2sc3ccc(F)cc3c2N)s1. The van der Waals surface area contributed by atoms with Crippen molar-refractivity contribution in [2.45, 2.75) is 13.5 Å². The van der Waals surface area contributed by atoms with Crippen LogP contribution in [0.2, 0.25) is 0 Å². The number of carbonyl (C=O) groups excluding carboxylic acids is 1. The van der Waals surface area contributed by atoms with Crippen LogP contribution in [0.4, 0.5) is 10.1 Å². The molecule has 0 aliphatic carbocycles. The van der Waals surface area contributed by atoms with Gasteiger partial charge in [0.05, 0.1) is 12.2 Å². The molecule has 3 aromatic rings. The Morgan fingerprint density at radius 2 is 2.10 bits per heavy atom. The molecule has 0 atom stereocenters. The first-order valence-electron chi connectivity index (χ1n) is 6.35. The maximum atomic E-state index is 13.2. The largest absolute Gasteiger partial charge is 0.397 e. The Morgan fingerprint density at radius 1 is 1.29 bits per heavy atom. The minimum atomic E-state index is -0.354. The second-order valence-corrected chi connectivity index (χ2v) is 7.11. The molecule has 0 saturated carbocycles. The fourth-order valence-corrected chi connectivity index (χ4v) is 3.94. The smallest absolute Gasteiger partial charge is 0.263 e. The summed E-state index contributed by atoms with van der Waals surface area (Å²) in [5.41, 5.74) is 6.31. The number of nitrogens with two attached hydrogens (primary N) is 1. The van der Waals surface area contributed by atoms with E-state index in [4.69, 9.17) is 5.73 Å². The quantitative estimate of drug-likeness (QED) is 0.768. The average molecular weight is 320 g/mol. The first kappa shape index (κ1) is 14.0. The number of anilines is 1. The third-order valence-corrected chi connectivity index (χ3v) is 5.30. The number of fused-ring (bicyclic) bond motifs is 1. The van der Waals surface area contributed by atoms with E-state index in [0.29, 0.717) is 22.5 Å². The van der Waals surface area contributed by atoms with Crippen LogP contribution >= 0.6 is 22.7 Å². The number of benzene rings is 1. The molecule has 0 radical (unpaired) electrons. The van der Waals surface area contributed by atoms with Crippen molar-refractivity contribution in [3.8, 4) is 0 Å². The number of nitrogen functional groups attached to an aromatic ring is 1. The molecule has 0 unspecified atom stereocenters. The Hall–Kier alpha value is -1.92. The van der Waals surface area contributed by atoms with Crippen molar-refractivity contribution in [2.75, 3.05) is 5.73 Å². The van der Waals surface area contributed by atoms with Crippen LogP contribution in [0, 0.1) is 12.7 Å². The number of halogens is 1. The number of thiophene rings is 2. The fraction of sp³-hybridized carbons (Fsp3) is 0.133. The minimum Gasteiger partial charge on any atom is -0.397 e. The first-order valence-corrected chi connectivity index (χ1v) is 7.99. The highest BCUT2D eigenvalue weighted by molar-refractivity contribution is 7.21. The summed E-state index contributed by atoms with van der Waals surface area (Å²) in [5.74, 6) is -0.576. The van der Waals surface area contributed by atoms with Crippen LogP contribution in [0.3, 0.4) is 0 Å². The lowest BCUT2D eigenvalue weighted by atomic mass is 10.2. The van der Waals surface area contributed by atoms with Crippen LogP contribution in [-0.4, -0.2) is 5.91 Å². The molecule has 0 aliphatic heterocycles. The zero-order valence-electron chi connectivity index (χ0n) is 11.3. The molecule has 0 bridgehead atoms. The van der Waals surface area contributed by atoms with E-state index in [1.165, 1.54) is 28.3 Å². The molecule has 2 heterocycles. The normalized spacial score (nSPS) is 11.0. The molecule has 6 heteroatoms. The number of nitrogens with one attached hydrogen (secondary N) is 1. The number of hydrogen-bond acceptors (Lipinski definition) is 4. The van der Waals surface area contributed by atoms with Crippen molar-refractivity contribution >= 4 is 44.4 Å². The van der Waals surface area contributed by atoms with Crippen LogP contribution in [0.25, 0.3) is 10.1 Å². The van der Waals surface area contributed by atoms with Gasteiger partial charge >= 0.3 is 0 Å². The summed E-state index contributed by atoms with van der Waals surface area (Å²) in [6.07, 6.45) is 0. The summed E-state index contributed by atoms with van der Waals surface area (Å²) in [6.45, 7) is 2.49. The standard InChI is InChI=1S/C15H13FN2OS2/c1-8-2-4-10(20-8)7-18-15(19)14-13(17)11-6-9(16)3-5-12(11)21-14/h2-6H,7,17H2,1H3,(H,18,19). The molecule has 1 aromatic carbocycles. The highest BCUT2D eigenvalue weighted by Crippen LogP contribution is 2.34. The zero-order chi connectivity index (χ0) is 15.0. The summed E-state index contributed by atoms with van der Waals surface area (Å²) in [5, 5.41) is 3.45. The van der Waals surface area contributed by atoms with Crippen molar-refractivity contribution in [3.05, 3.63) is 50.8 Å². The van der Waals surface area contributed by atoms with Crippen LogP contribution in [0.5, 0.6) is 0 Å². The van der Waals surface area contributed by atoms with Crippen molar-refractivity contribution in [1.82, 2.24) is 5.32 Å². The first-order chi connectivity index (χ1) is 10.0. The summed E-state index contributed by atoms with van der Waals surface area (Å²) in [4.78, 5) is 15.0. The maximum absolute atomic E-state index is 13.2. The van der Waals surface area contributed by atoms with Crippen LogP contribution in [0.15, 0.2) is 30.3 Å². The molecule has 3 rings (SSSR count). The van der Waals surface area contributed by atoms with Gasteiger partial charge < -0.3 is 11.1 Å². The average Bonchev–Trinajstić information content (AvgIpc) is 3.01. The molecule has 3 N–H and O–H groups in total. The molecule has 3 nitrogen and oxygen atoms in total. The van der Waals surface area contributed by atoms with Crippen molar-refractivity contribution in [2.24, 2.45) is 0 Å². The fourth-order valence-electron chi connectivity index (χ4n) is 2.09. The lowest BCUT2D eigenvalue weighted by molar-refractivity contribution is 0.0956. The summed E-state index contributed by atoms with van der Waals surface area (Å²) in [6, 6.07) is 8.38. The number of hydrogen-bond donors (Lipinski definition) is 2. The second-order valence-electron chi connectivity index (χ2n) is 4.68. The topological polar surface area (TPSA) is 55.1 Å². The molecule has 1 amide bonds. The van der Waals surface area contributed by atoms with Gasteiger partial charge in [0.1, 0.15) is 10.7 Å². The van der Waals surface area contributed by atoms with Gasteiger partial charge in [-0.3, -0.25) is 4.79 Å². The Bertz CT molecular complexity index is 822. The van der Waals surface area contributed by atoms with Gasteiger partial charge in [-0.2, -0.15) is 0 Å². The molecule has 108 valence electrons. The molecule has 0 fully saturated rings. The molecule has 0 spiro atoms. The molecule has 0 saturated heterocycles. The predicted octanol–water partition coefficient (Wildman–Crippen LogP) is 3.92. The number of aryl methyl sites for hydroxylation is 1. The molecule has 21 heavy (non-hydrogen) atoms. The monoisotopic (exact) mass is 320 g/mol. The van der Waals surface area contributed by atoms with E-state index in [9.17, 15) is 9.18 Å². The van der Waals surface area contributed by atoms with Gasteiger partial charge in [-0.05, 0) is 37.3 Å². The van der Waals surface area contributed by atoms with E-state index in [-0.39, 0.29) is 11.7 Å². The lowest BCUT2D eigenvalue weighted by Gasteiger charge is -2.02. The highest BCUT2D eigenvalue weighted by atomic mass is 32.1. The molecule has 2 aromatic heterocycles. The third kappa shape index (κ3) is 2.77. The van der Waals surface area contributed by atoms with Gasteiger partial charge in [0, 0.05) is 19.8 Å². The summed E-state index contributed by atoms with van der Waals surface area (Å²) in [7, 11) is 0. The van der Waals surface area contributed by atoms with E-state index in [2.05, 4.69) is 5.32 Å². The Kier molecular flexibility index (Phi) is 3.65. The lowest BCUT2D eigenvalue weighted by Crippen LogP contribution is -2.22. The van der Waals surface area contributed by atoms with Crippen LogP contribution in [-0.2, 0) is 6.54 Å². The number of carbonyl (C=O) groups is 1. The Balaban J connectivity index is 1.82. The third-order valence-electron chi connectivity index (χ3n) is 3.11. The zero-order valence-corrected chi connectivity index (χ0v) is 12.9. The minimum absolute atomic E-state index is 0.222. The van der Waals surface area contributed by atoms with Crippen LogP contribution in [0.1, 0.15) is 19.4 Å². The number of rotatable bonds is 3. The summed E-state index contributed by atoms with van der Waals surface area (Å²) >= 11 is 2.92. The Morgan fingerprint density at radius 3 is 2.81 bits per heavy atom. The van der Waals surface area contributed by atoms with E-state index in [1.54, 1.807) is 17.4 Å². The molecular weight excluding hydrogens is 307 g/mol. The Labute approximate surface area is 129 Å². The van der Waals surface area contributed by atoms with E-state index in [0.717, 1.165) is 9.58 Å². The van der Waals surface area contributed by atoms with Gasteiger partial charge in [0.25, 0.3) is 5.91 Å². The predicted molar refractivity (Wildman–Crippen MR) is 86.4 cm³/mol. The maximum Gasteiger partial charge on any atom is 0.263 e. The van der Waals surface area contributed by atoms with E-state index < -0.39 is 0 Å². The van der Waals surface area contributed by atoms with Gasteiger partial charge in [0.15, 0.2) is 0 Å². The van der Waals surface area contributed by atoms with Crippen molar-refractivity contribution in [1.29, 1.82) is 0 Å². The molecular formula is C15H13FN2OS2. The molecule has 0 aliphatic rings. The number of amides is 1. The van der Waals surface area contributed by atoms with Crippen LogP contribution < -0.4 is 11.1 Å². The van der Waals surface area contributed by atoms with Crippen molar-refractivity contribution in [3.63, 3.8) is 0 Å². The summed E-state index contributed by atoms with van der Waals surface area (Å²) < 4.78 is 14.1. The highest BCUT2D eigenvalue weighted by Gasteiger charge is 2.16. The van der Waals surface area contributed by atoms with E-state index in [1.807, 2.05) is 19.1 Å². The van der Waals surface area contributed by atoms with Gasteiger partial charge in [-0.1, -0.05) is 0 Å².